The van der Waals surface area contributed by atoms with Crippen LogP contribution in [0.15, 0.2) is 48.5 Å². The van der Waals surface area contributed by atoms with Gasteiger partial charge in [-0.15, -0.1) is 0 Å². The number of benzene rings is 2. The number of hydrogen-bond donors (Lipinski definition) is 2. The van der Waals surface area contributed by atoms with Gasteiger partial charge in [0.2, 0.25) is 0 Å². The second-order valence-corrected chi connectivity index (χ2v) is 3.44. The van der Waals surface area contributed by atoms with Crippen LogP contribution in [0.5, 0.6) is 11.5 Å². The van der Waals surface area contributed by atoms with Crippen LogP contribution in [-0.2, 0) is 6.42 Å². The van der Waals surface area contributed by atoms with E-state index in [1.165, 1.54) is 0 Å². The van der Waals surface area contributed by atoms with Crippen LogP contribution >= 0.6 is 0 Å². The van der Waals surface area contributed by atoms with E-state index in [0.29, 0.717) is 12.0 Å². The Bertz CT molecular complexity index is 429. The van der Waals surface area contributed by atoms with E-state index in [-0.39, 0.29) is 11.5 Å². The van der Waals surface area contributed by atoms with E-state index in [2.05, 4.69) is 0 Å². The molecule has 0 atom stereocenters. The van der Waals surface area contributed by atoms with Crippen molar-refractivity contribution >= 4 is 0 Å². The van der Waals surface area contributed by atoms with Gasteiger partial charge in [0, 0.05) is 12.0 Å². The van der Waals surface area contributed by atoms with Gasteiger partial charge in [-0.3, -0.25) is 0 Å². The van der Waals surface area contributed by atoms with Crippen LogP contribution in [0, 0.1) is 0 Å². The molecule has 2 rings (SSSR count). The number of phenols is 2. The minimum Gasteiger partial charge on any atom is -0.508 e. The third kappa shape index (κ3) is 2.10. The monoisotopic (exact) mass is 200 g/mol. The van der Waals surface area contributed by atoms with Gasteiger partial charge in [-0.25, -0.2) is 0 Å². The Morgan fingerprint density at radius 3 is 1.93 bits per heavy atom. The van der Waals surface area contributed by atoms with Crippen LogP contribution in [0.1, 0.15) is 11.1 Å². The van der Waals surface area contributed by atoms with Crippen LogP contribution in [0.3, 0.4) is 0 Å². The average molecular weight is 200 g/mol. The van der Waals surface area contributed by atoms with Crippen molar-refractivity contribution < 1.29 is 10.2 Å². The molecule has 0 heterocycles. The molecule has 0 fully saturated rings. The van der Waals surface area contributed by atoms with Crippen molar-refractivity contribution in [2.24, 2.45) is 0 Å². The van der Waals surface area contributed by atoms with Crippen LogP contribution < -0.4 is 0 Å². The lowest BCUT2D eigenvalue weighted by atomic mass is 10.0. The highest BCUT2D eigenvalue weighted by Gasteiger charge is 2.06. The van der Waals surface area contributed by atoms with Gasteiger partial charge in [-0.2, -0.15) is 0 Å². The molecule has 0 amide bonds. The molecule has 0 aliphatic rings. The summed E-state index contributed by atoms with van der Waals surface area (Å²) in [5.41, 5.74) is 1.64. The van der Waals surface area contributed by atoms with Crippen LogP contribution in [-0.4, -0.2) is 10.2 Å². The fourth-order valence-corrected chi connectivity index (χ4v) is 1.54. The zero-order valence-corrected chi connectivity index (χ0v) is 8.22. The van der Waals surface area contributed by atoms with Crippen molar-refractivity contribution in [1.82, 2.24) is 0 Å². The van der Waals surface area contributed by atoms with Crippen LogP contribution in [0.25, 0.3) is 0 Å². The summed E-state index contributed by atoms with van der Waals surface area (Å²) in [6.07, 6.45) is 0.541. The first-order chi connectivity index (χ1) is 7.27. The first-order valence-electron chi connectivity index (χ1n) is 4.81. The highest BCUT2D eigenvalue weighted by molar-refractivity contribution is 5.45. The van der Waals surface area contributed by atoms with E-state index in [1.54, 1.807) is 18.2 Å². The molecule has 0 aliphatic carbocycles. The quantitative estimate of drug-likeness (QED) is 0.782. The van der Waals surface area contributed by atoms with Gasteiger partial charge < -0.3 is 10.2 Å². The number of hydrogen-bond acceptors (Lipinski definition) is 2. The molecule has 0 unspecified atom stereocenters. The Kier molecular flexibility index (Phi) is 2.59. The Labute approximate surface area is 88.4 Å². The second kappa shape index (κ2) is 4.05. The molecule has 0 bridgehead atoms. The SMILES string of the molecule is Oc1cccc(O)c1Cc1ccccc1. The van der Waals surface area contributed by atoms with Crippen molar-refractivity contribution in [3.63, 3.8) is 0 Å². The summed E-state index contributed by atoms with van der Waals surface area (Å²) >= 11 is 0. The summed E-state index contributed by atoms with van der Waals surface area (Å²) in [5, 5.41) is 19.2. The molecule has 15 heavy (non-hydrogen) atoms. The van der Waals surface area contributed by atoms with Crippen LogP contribution in [0.2, 0.25) is 0 Å². The average Bonchev–Trinajstić information content (AvgIpc) is 2.25. The molecule has 0 aromatic heterocycles. The maximum Gasteiger partial charge on any atom is 0.122 e. The maximum atomic E-state index is 9.59. The molecule has 0 saturated carbocycles. The molecule has 2 heteroatoms. The molecule has 2 N–H and O–H groups in total. The van der Waals surface area contributed by atoms with Crippen molar-refractivity contribution in [3.8, 4) is 11.5 Å². The van der Waals surface area contributed by atoms with Gasteiger partial charge in [-0.1, -0.05) is 36.4 Å². The molecule has 2 nitrogen and oxygen atoms in total. The van der Waals surface area contributed by atoms with E-state index in [4.69, 9.17) is 0 Å². The van der Waals surface area contributed by atoms with E-state index in [1.807, 2.05) is 30.3 Å². The molecular formula is C13H12O2. The van der Waals surface area contributed by atoms with E-state index < -0.39 is 0 Å². The molecule has 0 saturated heterocycles. The lowest BCUT2D eigenvalue weighted by Crippen LogP contribution is -1.89. The fraction of sp³-hybridized carbons (Fsp3) is 0.0769. The fourth-order valence-electron chi connectivity index (χ4n) is 1.54. The summed E-state index contributed by atoms with van der Waals surface area (Å²) < 4.78 is 0. The Hall–Kier alpha value is -1.96. The number of rotatable bonds is 2. The number of phenolic OH excluding ortho intramolecular Hbond substituents is 2. The first kappa shape index (κ1) is 9.59. The second-order valence-electron chi connectivity index (χ2n) is 3.44. The lowest BCUT2D eigenvalue weighted by molar-refractivity contribution is 0.440. The Balaban J connectivity index is 2.32. The van der Waals surface area contributed by atoms with Crippen molar-refractivity contribution in [3.05, 3.63) is 59.7 Å². The molecule has 2 aromatic carbocycles. The van der Waals surface area contributed by atoms with E-state index in [9.17, 15) is 10.2 Å². The largest absolute Gasteiger partial charge is 0.508 e. The lowest BCUT2D eigenvalue weighted by Gasteiger charge is -2.06. The molecule has 76 valence electrons. The zero-order chi connectivity index (χ0) is 10.7. The topological polar surface area (TPSA) is 40.5 Å². The molecular weight excluding hydrogens is 188 g/mol. The smallest absolute Gasteiger partial charge is 0.122 e. The predicted molar refractivity (Wildman–Crippen MR) is 59.0 cm³/mol. The third-order valence-electron chi connectivity index (χ3n) is 2.35. The van der Waals surface area contributed by atoms with Crippen molar-refractivity contribution in [2.45, 2.75) is 6.42 Å². The van der Waals surface area contributed by atoms with Gasteiger partial charge in [0.25, 0.3) is 0 Å². The minimum atomic E-state index is 0.138. The summed E-state index contributed by atoms with van der Waals surface area (Å²) in [5.74, 6) is 0.276. The molecule has 0 aliphatic heterocycles. The summed E-state index contributed by atoms with van der Waals surface area (Å²) in [7, 11) is 0. The normalized spacial score (nSPS) is 10.1. The van der Waals surface area contributed by atoms with Crippen LogP contribution in [0.4, 0.5) is 0 Å². The molecule has 2 aromatic rings. The van der Waals surface area contributed by atoms with Crippen molar-refractivity contribution in [2.75, 3.05) is 0 Å². The standard InChI is InChI=1S/C13H12O2/c14-12-7-4-8-13(15)11(12)9-10-5-2-1-3-6-10/h1-8,14-15H,9H2. The Morgan fingerprint density at radius 1 is 0.733 bits per heavy atom. The van der Waals surface area contributed by atoms with Gasteiger partial charge in [0.1, 0.15) is 11.5 Å². The number of aromatic hydroxyl groups is 2. The van der Waals surface area contributed by atoms with Gasteiger partial charge in [0.15, 0.2) is 0 Å². The third-order valence-corrected chi connectivity index (χ3v) is 2.35. The summed E-state index contributed by atoms with van der Waals surface area (Å²) in [4.78, 5) is 0. The summed E-state index contributed by atoms with van der Waals surface area (Å²) in [6.45, 7) is 0. The molecule has 0 radical (unpaired) electrons. The van der Waals surface area contributed by atoms with Crippen molar-refractivity contribution in [1.29, 1.82) is 0 Å². The molecule has 0 spiro atoms. The van der Waals surface area contributed by atoms with E-state index >= 15 is 0 Å². The predicted octanol–water partition coefficient (Wildman–Crippen LogP) is 2.69. The maximum absolute atomic E-state index is 9.59. The van der Waals surface area contributed by atoms with Gasteiger partial charge >= 0.3 is 0 Å². The van der Waals surface area contributed by atoms with Gasteiger partial charge in [-0.05, 0) is 17.7 Å². The Morgan fingerprint density at radius 2 is 1.33 bits per heavy atom. The summed E-state index contributed by atoms with van der Waals surface area (Å²) in [6, 6.07) is 14.5. The first-order valence-corrected chi connectivity index (χ1v) is 4.81. The van der Waals surface area contributed by atoms with Gasteiger partial charge in [0.05, 0.1) is 0 Å². The highest BCUT2D eigenvalue weighted by Crippen LogP contribution is 2.28. The minimum absolute atomic E-state index is 0.138. The van der Waals surface area contributed by atoms with E-state index in [0.717, 1.165) is 5.56 Å². The highest BCUT2D eigenvalue weighted by atomic mass is 16.3. The zero-order valence-electron chi connectivity index (χ0n) is 8.22.